The van der Waals surface area contributed by atoms with E-state index in [2.05, 4.69) is 15.0 Å². The average Bonchev–Trinajstić information content (AvgIpc) is 3.27. The van der Waals surface area contributed by atoms with Gasteiger partial charge < -0.3 is 15.4 Å². The summed E-state index contributed by atoms with van der Waals surface area (Å²) in [6, 6.07) is 10.8. The van der Waals surface area contributed by atoms with Crippen molar-refractivity contribution in [2.24, 2.45) is 0 Å². The molecule has 0 saturated carbocycles. The van der Waals surface area contributed by atoms with E-state index in [9.17, 15) is 8.42 Å². The minimum atomic E-state index is -3.51. The molecule has 1 aliphatic heterocycles. The Labute approximate surface area is 172 Å². The number of morpholine rings is 1. The minimum absolute atomic E-state index is 0.0683. The quantitative estimate of drug-likeness (QED) is 0.519. The Kier molecular flexibility index (Phi) is 4.19. The molecule has 4 aromatic rings. The number of benzene rings is 1. The number of nitrogen functional groups attached to an aromatic ring is 1. The van der Waals surface area contributed by atoms with E-state index in [0.29, 0.717) is 36.6 Å². The van der Waals surface area contributed by atoms with Gasteiger partial charge in [0.05, 0.1) is 30.3 Å². The van der Waals surface area contributed by atoms with Crippen LogP contribution in [0.5, 0.6) is 0 Å². The predicted octanol–water partition coefficient (Wildman–Crippen LogP) is 1.28. The van der Waals surface area contributed by atoms with Gasteiger partial charge in [0.1, 0.15) is 5.52 Å². The van der Waals surface area contributed by atoms with Gasteiger partial charge in [0.2, 0.25) is 5.95 Å². The van der Waals surface area contributed by atoms with Gasteiger partial charge in [-0.25, -0.2) is 22.5 Å². The maximum atomic E-state index is 12.4. The molecule has 10 nitrogen and oxygen atoms in total. The molecule has 2 N–H and O–H groups in total. The third-order valence-electron chi connectivity index (χ3n) is 5.25. The van der Waals surface area contributed by atoms with E-state index in [1.165, 1.54) is 4.52 Å². The van der Waals surface area contributed by atoms with Crippen LogP contribution in [-0.4, -0.2) is 64.6 Å². The number of hydrogen-bond acceptors (Lipinski definition) is 8. The number of nitrogens with zero attached hydrogens (tertiary/aromatic N) is 6. The molecule has 4 heterocycles. The van der Waals surface area contributed by atoms with Gasteiger partial charge in [-0.15, -0.1) is 5.10 Å². The summed E-state index contributed by atoms with van der Waals surface area (Å²) in [6.07, 6.45) is 1.16. The smallest absolute Gasteiger partial charge is 0.257 e. The largest absolute Gasteiger partial charge is 0.377 e. The van der Waals surface area contributed by atoms with Crippen LogP contribution in [0.15, 0.2) is 41.4 Å². The lowest BCUT2D eigenvalue weighted by molar-refractivity contribution is 0.0986. The highest BCUT2D eigenvalue weighted by atomic mass is 32.2. The Hall–Kier alpha value is -3.18. The molecule has 1 aliphatic rings. The van der Waals surface area contributed by atoms with E-state index < -0.39 is 9.84 Å². The van der Waals surface area contributed by atoms with Crippen LogP contribution in [0.4, 0.5) is 11.8 Å². The van der Waals surface area contributed by atoms with E-state index >= 15 is 0 Å². The van der Waals surface area contributed by atoms with Crippen LogP contribution < -0.4 is 10.6 Å². The maximum Gasteiger partial charge on any atom is 0.257 e. The van der Waals surface area contributed by atoms with E-state index in [4.69, 9.17) is 15.5 Å². The van der Waals surface area contributed by atoms with Crippen LogP contribution in [0.25, 0.3) is 22.5 Å². The molecule has 3 aromatic heterocycles. The Bertz CT molecular complexity index is 1380. The van der Waals surface area contributed by atoms with Gasteiger partial charge in [-0.05, 0) is 31.2 Å². The molecule has 1 aromatic carbocycles. The summed E-state index contributed by atoms with van der Waals surface area (Å²) in [6.45, 7) is 3.79. The van der Waals surface area contributed by atoms with E-state index in [1.54, 1.807) is 16.7 Å². The van der Waals surface area contributed by atoms with Crippen LogP contribution >= 0.6 is 0 Å². The highest BCUT2D eigenvalue weighted by molar-refractivity contribution is 7.90. The summed E-state index contributed by atoms with van der Waals surface area (Å²) in [7, 11) is -3.51. The zero-order valence-corrected chi connectivity index (χ0v) is 17.4. The summed E-state index contributed by atoms with van der Waals surface area (Å²) in [5, 5.41) is 4.64. The Morgan fingerprint density at radius 3 is 2.70 bits per heavy atom. The van der Waals surface area contributed by atoms with Gasteiger partial charge in [0.15, 0.2) is 20.7 Å². The van der Waals surface area contributed by atoms with Gasteiger partial charge in [0, 0.05) is 12.8 Å². The van der Waals surface area contributed by atoms with Crippen molar-refractivity contribution in [3.05, 3.63) is 36.4 Å². The summed E-state index contributed by atoms with van der Waals surface area (Å²) in [5.41, 5.74) is 8.25. The molecule has 0 spiro atoms. The van der Waals surface area contributed by atoms with Crippen molar-refractivity contribution in [3.8, 4) is 5.95 Å². The molecule has 156 valence electrons. The second-order valence-electron chi connectivity index (χ2n) is 7.39. The molecule has 1 atom stereocenters. The average molecular weight is 427 g/mol. The first-order chi connectivity index (χ1) is 14.3. The number of sulfone groups is 1. The van der Waals surface area contributed by atoms with Gasteiger partial charge >= 0.3 is 0 Å². The number of aromatic nitrogens is 5. The third-order valence-corrected chi connectivity index (χ3v) is 6.32. The molecule has 1 saturated heterocycles. The van der Waals surface area contributed by atoms with Crippen molar-refractivity contribution in [1.82, 2.24) is 24.1 Å². The summed E-state index contributed by atoms with van der Waals surface area (Å²) < 4.78 is 33.4. The zero-order valence-electron chi connectivity index (χ0n) is 16.6. The number of nitrogens with two attached hydrogens (primary N) is 1. The molecule has 0 amide bonds. The zero-order chi connectivity index (χ0) is 21.0. The molecular weight excluding hydrogens is 406 g/mol. The maximum absolute atomic E-state index is 12.4. The Morgan fingerprint density at radius 1 is 1.13 bits per heavy atom. The van der Waals surface area contributed by atoms with Gasteiger partial charge in [0.25, 0.3) is 5.95 Å². The number of hydrogen-bond donors (Lipinski definition) is 1. The van der Waals surface area contributed by atoms with Crippen molar-refractivity contribution >= 4 is 38.2 Å². The highest BCUT2D eigenvalue weighted by Gasteiger charge is 2.27. The van der Waals surface area contributed by atoms with Crippen molar-refractivity contribution < 1.29 is 13.2 Å². The molecular formula is C19H21N7O3S. The Morgan fingerprint density at radius 2 is 1.93 bits per heavy atom. The van der Waals surface area contributed by atoms with Gasteiger partial charge in [-0.1, -0.05) is 12.1 Å². The SMILES string of the molecule is CC1COCCN1c1nc(-n2c(N)nc3ccccc32)nn2c(S(C)(=O)=O)ccc12. The second kappa shape index (κ2) is 6.67. The molecule has 0 radical (unpaired) electrons. The molecule has 0 bridgehead atoms. The summed E-state index contributed by atoms with van der Waals surface area (Å²) in [5.74, 6) is 1.11. The van der Waals surface area contributed by atoms with Gasteiger partial charge in [-0.2, -0.15) is 4.98 Å². The second-order valence-corrected chi connectivity index (χ2v) is 9.35. The number of ether oxygens (including phenoxy) is 1. The number of para-hydroxylation sites is 2. The van der Waals surface area contributed by atoms with Crippen molar-refractivity contribution in [1.29, 1.82) is 0 Å². The Balaban J connectivity index is 1.83. The van der Waals surface area contributed by atoms with E-state index in [1.807, 2.05) is 31.2 Å². The highest BCUT2D eigenvalue weighted by Crippen LogP contribution is 2.29. The van der Waals surface area contributed by atoms with Crippen LogP contribution in [0.2, 0.25) is 0 Å². The van der Waals surface area contributed by atoms with Crippen molar-refractivity contribution in [2.75, 3.05) is 36.6 Å². The van der Waals surface area contributed by atoms with E-state index in [-0.39, 0.29) is 23.0 Å². The molecule has 0 aliphatic carbocycles. The first kappa shape index (κ1) is 18.8. The topological polar surface area (TPSA) is 121 Å². The molecule has 30 heavy (non-hydrogen) atoms. The molecule has 1 unspecified atom stereocenters. The van der Waals surface area contributed by atoms with Crippen LogP contribution in [-0.2, 0) is 14.6 Å². The van der Waals surface area contributed by atoms with E-state index in [0.717, 1.165) is 11.8 Å². The monoisotopic (exact) mass is 427 g/mol. The first-order valence-corrected chi connectivity index (χ1v) is 11.4. The number of imidazole rings is 1. The number of anilines is 2. The lowest BCUT2D eigenvalue weighted by Crippen LogP contribution is -2.44. The first-order valence-electron chi connectivity index (χ1n) is 9.52. The fraction of sp³-hybridized carbons (Fsp3) is 0.316. The van der Waals surface area contributed by atoms with Crippen LogP contribution in [0.3, 0.4) is 0 Å². The molecule has 11 heteroatoms. The summed E-state index contributed by atoms with van der Waals surface area (Å²) >= 11 is 0. The van der Waals surface area contributed by atoms with Crippen LogP contribution in [0, 0.1) is 0 Å². The van der Waals surface area contributed by atoms with Crippen molar-refractivity contribution in [2.45, 2.75) is 18.0 Å². The lowest BCUT2D eigenvalue weighted by atomic mass is 10.2. The number of rotatable bonds is 3. The third kappa shape index (κ3) is 2.89. The van der Waals surface area contributed by atoms with Gasteiger partial charge in [-0.3, -0.25) is 0 Å². The lowest BCUT2D eigenvalue weighted by Gasteiger charge is -2.34. The minimum Gasteiger partial charge on any atom is -0.377 e. The standard InChI is InChI=1S/C19H21N7O3S/c1-12-11-29-10-9-24(12)17-15-7-8-16(30(2,27)28)26(15)23-19(22-17)25-14-6-4-3-5-13(14)21-18(25)20/h3-8,12H,9-11H2,1-2H3,(H2,20,21). The summed E-state index contributed by atoms with van der Waals surface area (Å²) in [4.78, 5) is 11.3. The van der Waals surface area contributed by atoms with Crippen LogP contribution in [0.1, 0.15) is 6.92 Å². The molecule has 1 fully saturated rings. The number of fused-ring (bicyclic) bond motifs is 2. The predicted molar refractivity (Wildman–Crippen MR) is 113 cm³/mol. The van der Waals surface area contributed by atoms with Crippen molar-refractivity contribution in [3.63, 3.8) is 0 Å². The molecule has 5 rings (SSSR count). The fourth-order valence-electron chi connectivity index (χ4n) is 3.83. The fourth-order valence-corrected chi connectivity index (χ4v) is 4.60. The normalized spacial score (nSPS) is 17.8.